The van der Waals surface area contributed by atoms with E-state index in [4.69, 9.17) is 0 Å². The number of hydrogen-bond acceptors (Lipinski definition) is 5. The van der Waals surface area contributed by atoms with Crippen molar-refractivity contribution in [2.75, 3.05) is 6.26 Å². The summed E-state index contributed by atoms with van der Waals surface area (Å²) in [6.45, 7) is -1.53. The summed E-state index contributed by atoms with van der Waals surface area (Å²) < 4.78 is 54.1. The molecule has 132 valence electrons. The monoisotopic (exact) mass is 369 g/mol. The van der Waals surface area contributed by atoms with Gasteiger partial charge in [0.15, 0.2) is 9.84 Å². The van der Waals surface area contributed by atoms with Crippen LogP contribution in [0.25, 0.3) is 16.7 Å². The quantitative estimate of drug-likeness (QED) is 0.759. The fourth-order valence-corrected chi connectivity index (χ4v) is 3.57. The zero-order chi connectivity index (χ0) is 18.4. The Labute approximate surface area is 140 Å². The van der Waals surface area contributed by atoms with E-state index in [0.717, 1.165) is 10.8 Å². The maximum atomic E-state index is 12.6. The van der Waals surface area contributed by atoms with Gasteiger partial charge in [0.2, 0.25) is 0 Å². The summed E-state index contributed by atoms with van der Waals surface area (Å²) >= 11 is 0. The number of benzene rings is 1. The molecular formula is C15H13F2N3O4S. The van der Waals surface area contributed by atoms with Crippen LogP contribution in [0.2, 0.25) is 0 Å². The van der Waals surface area contributed by atoms with E-state index < -0.39 is 27.9 Å². The Hall–Kier alpha value is -2.75. The molecule has 0 fully saturated rings. The first-order valence-corrected chi connectivity index (χ1v) is 8.93. The molecule has 2 heterocycles. The molecule has 0 aliphatic carbocycles. The number of ether oxygens (including phenoxy) is 1. The predicted molar refractivity (Wildman–Crippen MR) is 86.2 cm³/mol. The number of halogens is 2. The molecule has 0 unspecified atom stereocenters. The van der Waals surface area contributed by atoms with Gasteiger partial charge in [-0.25, -0.2) is 8.42 Å². The summed E-state index contributed by atoms with van der Waals surface area (Å²) in [5.74, 6) is -0.424. The third-order valence-corrected chi connectivity index (χ3v) is 4.85. The molecular weight excluding hydrogens is 356 g/mol. The first-order valence-electron chi connectivity index (χ1n) is 7.04. The summed E-state index contributed by atoms with van der Waals surface area (Å²) in [6, 6.07) is 6.91. The van der Waals surface area contributed by atoms with Gasteiger partial charge in [-0.2, -0.15) is 8.78 Å². The van der Waals surface area contributed by atoms with Crippen molar-refractivity contribution in [2.24, 2.45) is 0 Å². The highest BCUT2D eigenvalue weighted by Gasteiger charge is 2.19. The third kappa shape index (κ3) is 3.12. The van der Waals surface area contributed by atoms with E-state index in [2.05, 4.69) is 14.9 Å². The van der Waals surface area contributed by atoms with Crippen LogP contribution < -0.4 is 10.3 Å². The van der Waals surface area contributed by atoms with E-state index in [0.29, 0.717) is 16.8 Å². The van der Waals surface area contributed by atoms with Crippen LogP contribution in [0.1, 0.15) is 5.56 Å². The van der Waals surface area contributed by atoms with Gasteiger partial charge < -0.3 is 4.74 Å². The van der Waals surface area contributed by atoms with Gasteiger partial charge in [0.1, 0.15) is 5.52 Å². The molecule has 3 aromatic rings. The number of pyridine rings is 1. The fraction of sp³-hybridized carbons (Fsp3) is 0.200. The maximum Gasteiger partial charge on any atom is 0.388 e. The highest BCUT2D eigenvalue weighted by Crippen LogP contribution is 2.26. The number of sulfone groups is 1. The fourth-order valence-electron chi connectivity index (χ4n) is 2.62. The minimum absolute atomic E-state index is 0.0410. The van der Waals surface area contributed by atoms with Gasteiger partial charge >= 0.3 is 6.61 Å². The number of H-pyrrole nitrogens is 1. The van der Waals surface area contributed by atoms with Crippen molar-refractivity contribution < 1.29 is 21.9 Å². The zero-order valence-electron chi connectivity index (χ0n) is 13.2. The Kier molecular flexibility index (Phi) is 4.07. The van der Waals surface area contributed by atoms with Crippen LogP contribution in [0.5, 0.6) is 5.88 Å². The number of nitrogens with one attached hydrogen (secondary N) is 1. The molecule has 1 N–H and O–H groups in total. The smallest absolute Gasteiger partial charge is 0.388 e. The molecule has 1 aromatic carbocycles. The number of alkyl halides is 2. The highest BCUT2D eigenvalue weighted by atomic mass is 32.2. The number of aromatic amines is 1. The van der Waals surface area contributed by atoms with Crippen LogP contribution in [0.15, 0.2) is 40.0 Å². The van der Waals surface area contributed by atoms with Gasteiger partial charge in [-0.05, 0) is 36.8 Å². The summed E-state index contributed by atoms with van der Waals surface area (Å²) in [5, 5.41) is 6.18. The van der Waals surface area contributed by atoms with Crippen LogP contribution in [0, 0.1) is 6.92 Å². The average molecular weight is 369 g/mol. The van der Waals surface area contributed by atoms with Gasteiger partial charge in [-0.15, -0.1) is 5.10 Å². The molecule has 0 aliphatic rings. The van der Waals surface area contributed by atoms with E-state index in [9.17, 15) is 22.0 Å². The lowest BCUT2D eigenvalue weighted by atomic mass is 10.2. The van der Waals surface area contributed by atoms with Gasteiger partial charge in [-0.1, -0.05) is 0 Å². The molecule has 0 amide bonds. The van der Waals surface area contributed by atoms with E-state index in [-0.39, 0.29) is 10.4 Å². The highest BCUT2D eigenvalue weighted by molar-refractivity contribution is 7.90. The van der Waals surface area contributed by atoms with Gasteiger partial charge in [0.05, 0.1) is 10.4 Å². The van der Waals surface area contributed by atoms with E-state index in [1.165, 1.54) is 30.3 Å². The van der Waals surface area contributed by atoms with Crippen LogP contribution in [0.4, 0.5) is 8.78 Å². The van der Waals surface area contributed by atoms with E-state index in [1.807, 2.05) is 0 Å². The lowest BCUT2D eigenvalue weighted by Crippen LogP contribution is -2.18. The Morgan fingerprint density at radius 2 is 1.96 bits per heavy atom. The Bertz CT molecular complexity index is 1120. The summed E-state index contributed by atoms with van der Waals surface area (Å²) in [6.07, 6.45) is 1.08. The predicted octanol–water partition coefficient (Wildman–Crippen LogP) is 2.03. The van der Waals surface area contributed by atoms with Crippen LogP contribution >= 0.6 is 0 Å². The molecule has 2 aromatic heterocycles. The maximum absolute atomic E-state index is 12.6. The van der Waals surface area contributed by atoms with E-state index >= 15 is 0 Å². The second-order valence-corrected chi connectivity index (χ2v) is 7.38. The molecule has 25 heavy (non-hydrogen) atoms. The topological polar surface area (TPSA) is 94.0 Å². The summed E-state index contributed by atoms with van der Waals surface area (Å²) in [4.78, 5) is 12.4. The SMILES string of the molecule is Cc1cc(-n2c(=O)ccc3[nH]nc(OC(F)F)c32)ccc1S(C)(=O)=O. The average Bonchev–Trinajstić information content (AvgIpc) is 2.88. The van der Waals surface area contributed by atoms with Gasteiger partial charge in [0.25, 0.3) is 11.4 Å². The molecule has 0 bridgehead atoms. The number of hydrogen-bond donors (Lipinski definition) is 1. The van der Waals surface area contributed by atoms with Crippen LogP contribution in [-0.2, 0) is 9.84 Å². The molecule has 10 heteroatoms. The molecule has 7 nitrogen and oxygen atoms in total. The molecule has 0 saturated heterocycles. The minimum Gasteiger partial charge on any atom is -0.413 e. The largest absolute Gasteiger partial charge is 0.413 e. The number of aryl methyl sites for hydroxylation is 1. The van der Waals surface area contributed by atoms with Gasteiger partial charge in [0, 0.05) is 18.0 Å². The first-order chi connectivity index (χ1) is 11.7. The second kappa shape index (κ2) is 5.96. The van der Waals surface area contributed by atoms with Crippen LogP contribution in [-0.4, -0.2) is 36.0 Å². The van der Waals surface area contributed by atoms with Crippen molar-refractivity contribution in [3.63, 3.8) is 0 Å². The van der Waals surface area contributed by atoms with Crippen molar-refractivity contribution in [3.05, 3.63) is 46.2 Å². The number of nitrogens with zero attached hydrogens (tertiary/aromatic N) is 2. The molecule has 0 spiro atoms. The Morgan fingerprint density at radius 1 is 1.24 bits per heavy atom. The van der Waals surface area contributed by atoms with E-state index in [1.54, 1.807) is 6.92 Å². The second-order valence-electron chi connectivity index (χ2n) is 5.40. The minimum atomic E-state index is -3.43. The normalized spacial score (nSPS) is 12.0. The van der Waals surface area contributed by atoms with Crippen molar-refractivity contribution in [3.8, 4) is 11.6 Å². The molecule has 3 rings (SSSR count). The number of rotatable bonds is 4. The lowest BCUT2D eigenvalue weighted by molar-refractivity contribution is -0.0520. The zero-order valence-corrected chi connectivity index (χ0v) is 14.0. The van der Waals surface area contributed by atoms with Gasteiger partial charge in [-0.3, -0.25) is 14.5 Å². The van der Waals surface area contributed by atoms with Crippen molar-refractivity contribution in [1.82, 2.24) is 14.8 Å². The number of aromatic nitrogens is 3. The Balaban J connectivity index is 2.28. The molecule has 0 radical (unpaired) electrons. The molecule has 0 saturated carbocycles. The molecule has 0 atom stereocenters. The molecule has 0 aliphatic heterocycles. The standard InChI is InChI=1S/C15H13F2N3O4S/c1-8-7-9(3-5-11(8)25(2,22)23)20-12(21)6-4-10-13(20)14(19-18-10)24-15(16)17/h3-7,15H,1-2H3,(H,18,19). The first kappa shape index (κ1) is 17.1. The van der Waals surface area contributed by atoms with Crippen molar-refractivity contribution >= 4 is 20.9 Å². The van der Waals surface area contributed by atoms with Crippen LogP contribution in [0.3, 0.4) is 0 Å². The summed E-state index contributed by atoms with van der Waals surface area (Å²) in [5.41, 5.74) is 0.587. The Morgan fingerprint density at radius 3 is 2.56 bits per heavy atom. The van der Waals surface area contributed by atoms with Crippen molar-refractivity contribution in [1.29, 1.82) is 0 Å². The number of fused-ring (bicyclic) bond motifs is 1. The van der Waals surface area contributed by atoms with Crippen molar-refractivity contribution in [2.45, 2.75) is 18.4 Å². The third-order valence-electron chi connectivity index (χ3n) is 3.59. The summed E-state index contributed by atoms with van der Waals surface area (Å²) in [7, 11) is -3.43. The lowest BCUT2D eigenvalue weighted by Gasteiger charge is -2.11.